The van der Waals surface area contributed by atoms with Crippen molar-refractivity contribution in [3.05, 3.63) is 53.7 Å². The van der Waals surface area contributed by atoms with Gasteiger partial charge in [0.2, 0.25) is 0 Å². The summed E-state index contributed by atoms with van der Waals surface area (Å²) in [6.07, 6.45) is -0.302. The first-order valence-electron chi connectivity index (χ1n) is 13.6. The normalized spacial score (nSPS) is 17.0. The Morgan fingerprint density at radius 2 is 1.91 bits per heavy atom. The first-order chi connectivity index (χ1) is 20.6. The molecule has 2 atom stereocenters. The van der Waals surface area contributed by atoms with Crippen molar-refractivity contribution >= 4 is 40.7 Å². The number of rotatable bonds is 7. The smallest absolute Gasteiger partial charge is 0.447 e. The average molecular weight is 637 g/mol. The second kappa shape index (κ2) is 13.2. The minimum atomic E-state index is -4.59. The number of likely N-dealkylation sites (tertiary alicyclic amines) is 1. The number of thioether (sulfide) groups is 1. The van der Waals surface area contributed by atoms with Crippen LogP contribution >= 0.6 is 11.8 Å². The summed E-state index contributed by atoms with van der Waals surface area (Å²) in [5.41, 5.74) is -3.90. The number of fused-ring (bicyclic) bond motifs is 1. The molecule has 14 heteroatoms. The fourth-order valence-electron chi connectivity index (χ4n) is 4.61. The van der Waals surface area contributed by atoms with Gasteiger partial charge in [-0.05, 0) is 63.6 Å². The third-order valence-corrected chi connectivity index (χ3v) is 7.39. The number of hydrogen-bond donors (Lipinski definition) is 3. The molecule has 3 aromatic rings. The van der Waals surface area contributed by atoms with E-state index in [1.54, 1.807) is 32.9 Å². The zero-order valence-electron chi connectivity index (χ0n) is 24.4. The number of aromatic carboxylic acids is 1. The Morgan fingerprint density at radius 3 is 2.55 bits per heavy atom. The molecule has 44 heavy (non-hydrogen) atoms. The molecule has 0 radical (unpaired) electrons. The Kier molecular flexibility index (Phi) is 9.78. The Hall–Kier alpha value is -4.25. The van der Waals surface area contributed by atoms with Crippen LogP contribution < -0.4 is 15.4 Å². The minimum Gasteiger partial charge on any atom is -0.495 e. The van der Waals surface area contributed by atoms with Crippen molar-refractivity contribution in [2.45, 2.75) is 55.5 Å². The summed E-state index contributed by atoms with van der Waals surface area (Å²) in [6, 6.07) is 8.27. The summed E-state index contributed by atoms with van der Waals surface area (Å²) in [5, 5.41) is 15.1. The van der Waals surface area contributed by atoms with E-state index in [0.29, 0.717) is 16.9 Å². The summed E-state index contributed by atoms with van der Waals surface area (Å²) >= 11 is -0.304. The molecule has 0 spiro atoms. The molecule has 1 aromatic carbocycles. The fourth-order valence-corrected chi connectivity index (χ4v) is 5.30. The van der Waals surface area contributed by atoms with Crippen molar-refractivity contribution in [2.24, 2.45) is 0 Å². The van der Waals surface area contributed by atoms with Gasteiger partial charge < -0.3 is 34.5 Å². The number of carboxylic acid groups (broad SMARTS) is 1. The maximum atomic E-state index is 15.2. The lowest BCUT2D eigenvalue weighted by Gasteiger charge is -2.36. The second-order valence-electron chi connectivity index (χ2n) is 10.9. The van der Waals surface area contributed by atoms with E-state index < -0.39 is 35.4 Å². The van der Waals surface area contributed by atoms with E-state index >= 15 is 4.39 Å². The number of carbonyl (C=O) groups is 2. The number of benzene rings is 1. The minimum absolute atomic E-state index is 0.0238. The van der Waals surface area contributed by atoms with E-state index in [1.165, 1.54) is 46.9 Å². The van der Waals surface area contributed by atoms with Gasteiger partial charge in [-0.1, -0.05) is 11.8 Å². The molecule has 1 fully saturated rings. The van der Waals surface area contributed by atoms with Crippen LogP contribution in [0.25, 0.3) is 5.52 Å². The van der Waals surface area contributed by atoms with Gasteiger partial charge in [0, 0.05) is 24.5 Å². The summed E-state index contributed by atoms with van der Waals surface area (Å²) in [6.45, 7) is 5.27. The standard InChI is InChI=1S/C30H32F4N4O5S/c1-29(2,3)43-28(41)37-14-11-21(20(31)17-37)36-22-8-6-13-38-24(22)15-18(26(38)44-30(32,33)34)7-5-12-35-23-10-9-19(27(39)40)16-25(23)42-4/h6,8-10,13,15-16,20-21,35-36H,11-12,14,17H2,1-4H3,(H,39,40)/t20-,21+/m0/s1. The van der Waals surface area contributed by atoms with Crippen LogP contribution in [-0.2, 0) is 4.74 Å². The Morgan fingerprint density at radius 1 is 1.16 bits per heavy atom. The van der Waals surface area contributed by atoms with Crippen molar-refractivity contribution in [3.8, 4) is 17.6 Å². The maximum absolute atomic E-state index is 15.2. The zero-order valence-corrected chi connectivity index (χ0v) is 25.2. The molecule has 3 N–H and O–H groups in total. The molecule has 1 saturated heterocycles. The molecule has 2 aromatic heterocycles. The molecule has 0 unspecified atom stereocenters. The third kappa shape index (κ3) is 8.22. The number of carboxylic acids is 1. The van der Waals surface area contributed by atoms with Gasteiger partial charge in [-0.3, -0.25) is 0 Å². The number of halogens is 4. The van der Waals surface area contributed by atoms with Crippen molar-refractivity contribution < 1.29 is 41.7 Å². The first kappa shape index (κ1) is 32.7. The second-order valence-corrected chi connectivity index (χ2v) is 12.0. The van der Waals surface area contributed by atoms with Gasteiger partial charge in [0.05, 0.1) is 54.3 Å². The number of amides is 1. The van der Waals surface area contributed by atoms with Crippen LogP contribution in [0.5, 0.6) is 5.75 Å². The number of nitrogens with one attached hydrogen (secondary N) is 2. The average Bonchev–Trinajstić information content (AvgIpc) is 3.27. The molecule has 9 nitrogen and oxygen atoms in total. The van der Waals surface area contributed by atoms with Crippen LogP contribution in [0.15, 0.2) is 47.6 Å². The molecular weight excluding hydrogens is 604 g/mol. The Labute approximate surface area is 255 Å². The molecule has 0 saturated carbocycles. The predicted octanol–water partition coefficient (Wildman–Crippen LogP) is 6.48. The quantitative estimate of drug-likeness (QED) is 0.154. The van der Waals surface area contributed by atoms with Crippen molar-refractivity contribution in [1.82, 2.24) is 9.30 Å². The summed E-state index contributed by atoms with van der Waals surface area (Å²) in [5.74, 6) is 4.75. The molecule has 0 bridgehead atoms. The van der Waals surface area contributed by atoms with Gasteiger partial charge in [0.1, 0.15) is 22.5 Å². The number of hydrogen-bond acceptors (Lipinski definition) is 7. The highest BCUT2D eigenvalue weighted by molar-refractivity contribution is 8.00. The molecule has 3 heterocycles. The number of pyridine rings is 1. The van der Waals surface area contributed by atoms with E-state index in [1.807, 2.05) is 0 Å². The van der Waals surface area contributed by atoms with Crippen LogP contribution in [0, 0.1) is 11.8 Å². The largest absolute Gasteiger partial charge is 0.495 e. The van der Waals surface area contributed by atoms with E-state index in [2.05, 4.69) is 22.5 Å². The van der Waals surface area contributed by atoms with Crippen molar-refractivity contribution in [3.63, 3.8) is 0 Å². The maximum Gasteiger partial charge on any atom is 0.447 e. The lowest BCUT2D eigenvalue weighted by molar-refractivity contribution is -0.0330. The molecule has 236 valence electrons. The highest BCUT2D eigenvalue weighted by Gasteiger charge is 2.35. The van der Waals surface area contributed by atoms with Crippen LogP contribution in [0.2, 0.25) is 0 Å². The molecule has 1 amide bonds. The fraction of sp³-hybridized carbons (Fsp3) is 0.400. The van der Waals surface area contributed by atoms with Crippen LogP contribution in [0.4, 0.5) is 33.7 Å². The van der Waals surface area contributed by atoms with E-state index in [-0.39, 0.29) is 59.7 Å². The molecule has 4 rings (SSSR count). The Bertz CT molecular complexity index is 1590. The molecular formula is C30H32F4N4O5S. The van der Waals surface area contributed by atoms with Gasteiger partial charge in [-0.15, -0.1) is 0 Å². The van der Waals surface area contributed by atoms with E-state index in [9.17, 15) is 22.8 Å². The predicted molar refractivity (Wildman–Crippen MR) is 159 cm³/mol. The number of alkyl halides is 4. The van der Waals surface area contributed by atoms with Crippen molar-refractivity contribution in [1.29, 1.82) is 0 Å². The summed E-state index contributed by atoms with van der Waals surface area (Å²) in [4.78, 5) is 24.9. The first-order valence-corrected chi connectivity index (χ1v) is 14.4. The number of carbonyl (C=O) groups excluding carboxylic acids is 1. The van der Waals surface area contributed by atoms with E-state index in [4.69, 9.17) is 14.6 Å². The highest BCUT2D eigenvalue weighted by atomic mass is 32.2. The highest BCUT2D eigenvalue weighted by Crippen LogP contribution is 2.41. The van der Waals surface area contributed by atoms with Gasteiger partial charge in [0.25, 0.3) is 0 Å². The number of nitrogens with zero attached hydrogens (tertiary/aromatic N) is 2. The number of piperidine rings is 1. The van der Waals surface area contributed by atoms with Gasteiger partial charge in [-0.25, -0.2) is 14.0 Å². The lowest BCUT2D eigenvalue weighted by atomic mass is 10.0. The zero-order chi connectivity index (χ0) is 32.2. The topological polar surface area (TPSA) is 105 Å². The summed E-state index contributed by atoms with van der Waals surface area (Å²) in [7, 11) is 1.38. The number of aromatic nitrogens is 1. The number of anilines is 2. The van der Waals surface area contributed by atoms with Crippen LogP contribution in [-0.4, -0.2) is 76.5 Å². The number of methoxy groups -OCH3 is 1. The monoisotopic (exact) mass is 636 g/mol. The van der Waals surface area contributed by atoms with Crippen LogP contribution in [0.1, 0.15) is 43.1 Å². The molecule has 1 aliphatic heterocycles. The van der Waals surface area contributed by atoms with E-state index in [0.717, 1.165) is 0 Å². The molecule has 0 aliphatic carbocycles. The van der Waals surface area contributed by atoms with Gasteiger partial charge >= 0.3 is 17.6 Å². The molecule has 1 aliphatic rings. The van der Waals surface area contributed by atoms with Gasteiger partial charge in [-0.2, -0.15) is 13.2 Å². The summed E-state index contributed by atoms with van der Waals surface area (Å²) < 4.78 is 67.8. The van der Waals surface area contributed by atoms with Crippen LogP contribution in [0.3, 0.4) is 0 Å². The number of ether oxygens (including phenoxy) is 2. The van der Waals surface area contributed by atoms with Crippen molar-refractivity contribution in [2.75, 3.05) is 37.4 Å². The third-order valence-electron chi connectivity index (χ3n) is 6.55. The lowest BCUT2D eigenvalue weighted by Crippen LogP contribution is -2.51. The SMILES string of the molecule is COc1cc(C(=O)O)ccc1NCC#Cc1cc2c(N[C@@H]3CCN(C(=O)OC(C)(C)C)C[C@@H]3F)cccn2c1SC(F)(F)F. The van der Waals surface area contributed by atoms with Gasteiger partial charge in [0.15, 0.2) is 0 Å². The Balaban J connectivity index is 1.55.